The van der Waals surface area contributed by atoms with Crippen molar-refractivity contribution in [2.45, 2.75) is 37.5 Å². The molecule has 6 aromatic carbocycles. The Labute approximate surface area is 347 Å². The maximum absolute atomic E-state index is 12.3. The summed E-state index contributed by atoms with van der Waals surface area (Å²) in [5.41, 5.74) is 6.14. The zero-order chi connectivity index (χ0) is 43.8. The Morgan fingerprint density at radius 1 is 0.656 bits per heavy atom. The predicted octanol–water partition coefficient (Wildman–Crippen LogP) is 9.83. The summed E-state index contributed by atoms with van der Waals surface area (Å²) in [6.07, 6.45) is 0.446. The molecule has 0 aliphatic carbocycles. The average molecular weight is 863 g/mol. The molecule has 0 saturated heterocycles. The van der Waals surface area contributed by atoms with Gasteiger partial charge in [0.15, 0.2) is 5.75 Å². The Hall–Kier alpha value is -7.33. The van der Waals surface area contributed by atoms with Crippen LogP contribution < -0.4 is 10.1 Å². The first-order chi connectivity index (χ1) is 28.9. The lowest BCUT2D eigenvalue weighted by atomic mass is 10.1. The van der Waals surface area contributed by atoms with Crippen LogP contribution in [0.2, 0.25) is 0 Å². The van der Waals surface area contributed by atoms with E-state index in [1.807, 2.05) is 13.8 Å². The molecule has 0 aliphatic rings. The molecule has 0 atom stereocenters. The van der Waals surface area contributed by atoms with Gasteiger partial charge in [0.05, 0.1) is 40.4 Å². The Morgan fingerprint density at radius 3 is 1.82 bits per heavy atom. The third kappa shape index (κ3) is 8.84. The number of azo groups is 3. The summed E-state index contributed by atoms with van der Waals surface area (Å²) < 4.78 is 73.0. The summed E-state index contributed by atoms with van der Waals surface area (Å²) in [7, 11) is -7.80. The largest absolute Gasteiger partial charge is 0.505 e. The van der Waals surface area contributed by atoms with Crippen molar-refractivity contribution in [3.63, 3.8) is 0 Å². The van der Waals surface area contributed by atoms with E-state index >= 15 is 0 Å². The minimum Gasteiger partial charge on any atom is -0.505 e. The number of nitrogens with one attached hydrogen (secondary N) is 1. The van der Waals surface area contributed by atoms with Crippen molar-refractivity contribution in [1.29, 1.82) is 0 Å². The zero-order valence-electron chi connectivity index (χ0n) is 32.8. The summed E-state index contributed by atoms with van der Waals surface area (Å²) >= 11 is 0. The molecule has 7 rings (SSSR count). The highest BCUT2D eigenvalue weighted by Crippen LogP contribution is 2.43. The molecule has 0 fully saturated rings. The molecular weight excluding hydrogens is 829 g/mol. The molecule has 1 aromatic heterocycles. The van der Waals surface area contributed by atoms with Gasteiger partial charge in [-0.1, -0.05) is 6.07 Å². The molecule has 0 bridgehead atoms. The van der Waals surface area contributed by atoms with Crippen molar-refractivity contribution in [2.24, 2.45) is 30.7 Å². The Morgan fingerprint density at radius 2 is 1.21 bits per heavy atom. The van der Waals surface area contributed by atoms with Crippen molar-refractivity contribution in [3.05, 3.63) is 107 Å². The minimum atomic E-state index is -4.86. The number of ether oxygens (including phenoxy) is 1. The van der Waals surface area contributed by atoms with Crippen molar-refractivity contribution < 1.29 is 40.6 Å². The fourth-order valence-electron chi connectivity index (χ4n) is 6.18. The van der Waals surface area contributed by atoms with Crippen LogP contribution in [0.4, 0.5) is 39.8 Å². The van der Waals surface area contributed by atoms with Crippen LogP contribution >= 0.6 is 0 Å². The zero-order valence-corrected chi connectivity index (χ0v) is 34.4. The van der Waals surface area contributed by atoms with E-state index in [1.54, 1.807) is 56.3 Å². The van der Waals surface area contributed by atoms with Gasteiger partial charge in [0.25, 0.3) is 20.2 Å². The third-order valence-electron chi connectivity index (χ3n) is 9.40. The van der Waals surface area contributed by atoms with E-state index in [4.69, 9.17) is 4.74 Å². The number of phenols is 1. The van der Waals surface area contributed by atoms with E-state index in [9.17, 15) is 35.8 Å². The lowest BCUT2D eigenvalue weighted by molar-refractivity contribution is -0.105. The van der Waals surface area contributed by atoms with E-state index < -0.39 is 36.6 Å². The van der Waals surface area contributed by atoms with Gasteiger partial charge in [0, 0.05) is 17.1 Å². The number of fused-ring (bicyclic) bond motifs is 2. The van der Waals surface area contributed by atoms with Crippen LogP contribution in [0.15, 0.2) is 125 Å². The number of hydrogen-bond acceptors (Lipinski definition) is 15. The van der Waals surface area contributed by atoms with Gasteiger partial charge in [-0.15, -0.1) is 20.4 Å². The number of amides is 1. The van der Waals surface area contributed by atoms with Crippen LogP contribution in [0, 0.1) is 27.7 Å². The average Bonchev–Trinajstić information content (AvgIpc) is 3.62. The second-order valence-electron chi connectivity index (χ2n) is 13.7. The van der Waals surface area contributed by atoms with E-state index in [0.29, 0.717) is 79.7 Å². The summed E-state index contributed by atoms with van der Waals surface area (Å²) in [4.78, 5) is 11.2. The molecule has 21 heteroatoms. The first kappa shape index (κ1) is 41.8. The predicted molar refractivity (Wildman–Crippen MR) is 225 cm³/mol. The first-order valence-corrected chi connectivity index (χ1v) is 20.8. The Bertz CT molecular complexity index is 3260. The van der Waals surface area contributed by atoms with Crippen LogP contribution in [0.3, 0.4) is 0 Å². The summed E-state index contributed by atoms with van der Waals surface area (Å²) in [5, 5.41) is 48.9. The number of aromatic hydroxyl groups is 1. The monoisotopic (exact) mass is 862 g/mol. The molecule has 310 valence electrons. The number of benzene rings is 6. The number of nitrogens with zero attached hydrogens (tertiary/aromatic N) is 9. The molecule has 19 nitrogen and oxygen atoms in total. The van der Waals surface area contributed by atoms with E-state index in [2.05, 4.69) is 46.2 Å². The van der Waals surface area contributed by atoms with Gasteiger partial charge >= 0.3 is 0 Å². The lowest BCUT2D eigenvalue weighted by Gasteiger charge is -2.10. The second kappa shape index (κ2) is 16.4. The van der Waals surface area contributed by atoms with Gasteiger partial charge in [-0.2, -0.15) is 42.1 Å². The van der Waals surface area contributed by atoms with E-state index in [0.717, 1.165) is 11.6 Å². The maximum Gasteiger partial charge on any atom is 0.296 e. The number of carbonyl (C=O) groups excluding carboxylic acids is 1. The second-order valence-corrected chi connectivity index (χ2v) is 16.5. The van der Waals surface area contributed by atoms with Crippen molar-refractivity contribution in [1.82, 2.24) is 15.0 Å². The SMILES string of the molecule is COc1cc(N=Nc2cc3nn(-c4cccc(S(=O)(=O)O)c4)nc3cc2C)c(C)cc1N=Nc1cc(C)c(N=Nc2c(S(=O)(=O)O)cc3cc(NC=O)ccc3c2O)cc1C. The number of carbonyl (C=O) groups is 1. The van der Waals surface area contributed by atoms with Crippen molar-refractivity contribution in [2.75, 3.05) is 12.4 Å². The van der Waals surface area contributed by atoms with Gasteiger partial charge in [0.2, 0.25) is 6.41 Å². The molecule has 0 unspecified atom stereocenters. The molecule has 1 amide bonds. The number of anilines is 1. The molecule has 7 aromatic rings. The van der Waals surface area contributed by atoms with Gasteiger partial charge in [0.1, 0.15) is 33.1 Å². The molecule has 4 N–H and O–H groups in total. The number of aromatic nitrogens is 3. The molecule has 0 saturated carbocycles. The quantitative estimate of drug-likeness (QED) is 0.0509. The molecule has 61 heavy (non-hydrogen) atoms. The van der Waals surface area contributed by atoms with Crippen LogP contribution in [0.25, 0.3) is 27.5 Å². The highest BCUT2D eigenvalue weighted by atomic mass is 32.2. The molecule has 0 spiro atoms. The number of aryl methyl sites for hydroxylation is 4. The minimum absolute atomic E-state index is 0.214. The van der Waals surface area contributed by atoms with Crippen molar-refractivity contribution in [3.8, 4) is 17.2 Å². The molecular formula is C40H34N10O9S2. The highest BCUT2D eigenvalue weighted by molar-refractivity contribution is 7.86. The fourth-order valence-corrected chi connectivity index (χ4v) is 7.36. The third-order valence-corrected chi connectivity index (χ3v) is 11.1. The lowest BCUT2D eigenvalue weighted by Crippen LogP contribution is -2.02. The van der Waals surface area contributed by atoms with Crippen LogP contribution in [-0.4, -0.2) is 59.6 Å². The molecule has 0 aliphatic heterocycles. The number of rotatable bonds is 12. The van der Waals surface area contributed by atoms with Crippen LogP contribution in [0.5, 0.6) is 11.5 Å². The number of phenolic OH excluding ortho intramolecular Hbond substituents is 1. The molecule has 1 heterocycles. The van der Waals surface area contributed by atoms with Crippen molar-refractivity contribution >= 4 is 88.3 Å². The van der Waals surface area contributed by atoms with E-state index in [1.165, 1.54) is 48.3 Å². The van der Waals surface area contributed by atoms with Gasteiger partial charge in [-0.05, 0) is 128 Å². The molecule has 0 radical (unpaired) electrons. The smallest absolute Gasteiger partial charge is 0.296 e. The summed E-state index contributed by atoms with van der Waals surface area (Å²) in [6, 6.07) is 21.4. The summed E-state index contributed by atoms with van der Waals surface area (Å²) in [6.45, 7) is 7.16. The van der Waals surface area contributed by atoms with Crippen LogP contribution in [-0.2, 0) is 25.0 Å². The maximum atomic E-state index is 12.3. The Balaban J connectivity index is 1.13. The van der Waals surface area contributed by atoms with E-state index in [-0.39, 0.29) is 15.7 Å². The van der Waals surface area contributed by atoms with Gasteiger partial charge < -0.3 is 15.2 Å². The normalized spacial score (nSPS) is 12.4. The highest BCUT2D eigenvalue weighted by Gasteiger charge is 2.23. The van der Waals surface area contributed by atoms with Gasteiger partial charge in [-0.3, -0.25) is 13.9 Å². The Kier molecular flexibility index (Phi) is 11.2. The first-order valence-electron chi connectivity index (χ1n) is 17.9. The summed E-state index contributed by atoms with van der Waals surface area (Å²) in [5.74, 6) is -0.168. The van der Waals surface area contributed by atoms with Crippen LogP contribution in [0.1, 0.15) is 22.3 Å². The topological polar surface area (TPSA) is 272 Å². The van der Waals surface area contributed by atoms with Gasteiger partial charge in [-0.25, -0.2) is 0 Å². The fraction of sp³-hybridized carbons (Fsp3) is 0.125. The number of methoxy groups -OCH3 is 1. The standard InChI is InChI=1S/C40H34N10O9S2/c1-21-12-31(45-47-39-38(61(56,57)58)16-25-15-26(41-20-51)9-10-29(25)40(39)52)22(2)11-30(21)42-46-36-14-24(4)33(19-37(36)59-5)44-43-32-18-35-34(13-23(32)3)48-50(49-35)27-7-6-8-28(17-27)60(53,54)55/h6-20,52H,1-5H3,(H,41,51)(H,53,54,55)(H,56,57,58). The number of hydrogen-bond donors (Lipinski definition) is 4.